The molecule has 28 heavy (non-hydrogen) atoms. The molecule has 0 aromatic rings. The summed E-state index contributed by atoms with van der Waals surface area (Å²) < 4.78 is 0. The molecule has 3 atom stereocenters. The molecule has 0 aromatic heterocycles. The number of carbonyl (C=O) groups is 3. The smallest absolute Gasteiger partial charge is 0.326 e. The zero-order valence-electron chi connectivity index (χ0n) is 18.4. The second-order valence-electron chi connectivity index (χ2n) is 7.98. The van der Waals surface area contributed by atoms with Crippen LogP contribution in [0.15, 0.2) is 0 Å². The van der Waals surface area contributed by atoms with Crippen molar-refractivity contribution in [1.29, 1.82) is 0 Å². The van der Waals surface area contributed by atoms with E-state index in [2.05, 4.69) is 24.5 Å². The van der Waals surface area contributed by atoms with Gasteiger partial charge in [-0.2, -0.15) is 0 Å². The van der Waals surface area contributed by atoms with Crippen LogP contribution < -0.4 is 10.6 Å². The molecule has 0 saturated heterocycles. The molecule has 164 valence electrons. The van der Waals surface area contributed by atoms with E-state index in [9.17, 15) is 19.5 Å². The third-order valence-corrected chi connectivity index (χ3v) is 5.21. The molecule has 0 unspecified atom stereocenters. The van der Waals surface area contributed by atoms with Crippen molar-refractivity contribution in [3.63, 3.8) is 0 Å². The molecular weight excluding hydrogens is 356 g/mol. The Morgan fingerprint density at radius 2 is 1.25 bits per heavy atom. The molecule has 2 amide bonds. The lowest BCUT2D eigenvalue weighted by molar-refractivity contribution is -0.142. The van der Waals surface area contributed by atoms with Crippen molar-refractivity contribution in [2.24, 2.45) is 11.8 Å². The lowest BCUT2D eigenvalue weighted by Gasteiger charge is -2.18. The van der Waals surface area contributed by atoms with Gasteiger partial charge in [-0.15, -0.1) is 0 Å². The minimum absolute atomic E-state index is 0.0202. The molecule has 0 fully saturated rings. The highest BCUT2D eigenvalue weighted by Crippen LogP contribution is 2.11. The summed E-state index contributed by atoms with van der Waals surface area (Å²) in [5.41, 5.74) is 0. The molecule has 0 bridgehead atoms. The summed E-state index contributed by atoms with van der Waals surface area (Å²) in [4.78, 5) is 35.6. The number of hydrogen-bond donors (Lipinski definition) is 3. The topological polar surface area (TPSA) is 95.5 Å². The summed E-state index contributed by atoms with van der Waals surface area (Å²) in [7, 11) is 0. The Bertz CT molecular complexity index is 454. The predicted octanol–water partition coefficient (Wildman–Crippen LogP) is 4.28. The van der Waals surface area contributed by atoms with E-state index >= 15 is 0 Å². The van der Waals surface area contributed by atoms with Crippen molar-refractivity contribution in [2.75, 3.05) is 6.54 Å². The average Bonchev–Trinajstić information content (AvgIpc) is 2.66. The van der Waals surface area contributed by atoms with Crippen LogP contribution in [-0.2, 0) is 14.4 Å². The predicted molar refractivity (Wildman–Crippen MR) is 113 cm³/mol. The third kappa shape index (κ3) is 12.7. The van der Waals surface area contributed by atoms with Crippen molar-refractivity contribution in [3.05, 3.63) is 0 Å². The van der Waals surface area contributed by atoms with Crippen LogP contribution in [0.2, 0.25) is 0 Å². The number of unbranched alkanes of at least 4 members (excludes halogenated alkanes) is 5. The van der Waals surface area contributed by atoms with E-state index in [-0.39, 0.29) is 23.7 Å². The lowest BCUT2D eigenvalue weighted by atomic mass is 10.0. The summed E-state index contributed by atoms with van der Waals surface area (Å²) in [6, 6.07) is -0.857. The fraction of sp³-hybridized carbons (Fsp3) is 0.864. The third-order valence-electron chi connectivity index (χ3n) is 5.21. The van der Waals surface area contributed by atoms with Crippen molar-refractivity contribution >= 4 is 17.8 Å². The van der Waals surface area contributed by atoms with Gasteiger partial charge in [-0.25, -0.2) is 4.79 Å². The SMILES string of the molecule is CCCCC[C@H](C)C(=O)NCCCC[C@H](NC(=O)[C@@H](C)CCCCC)C(=O)O. The molecule has 0 heterocycles. The summed E-state index contributed by atoms with van der Waals surface area (Å²) in [5, 5.41) is 14.9. The van der Waals surface area contributed by atoms with Gasteiger partial charge in [0.05, 0.1) is 0 Å². The highest BCUT2D eigenvalue weighted by molar-refractivity contribution is 5.84. The van der Waals surface area contributed by atoms with Gasteiger partial charge in [0.2, 0.25) is 11.8 Å². The monoisotopic (exact) mass is 398 g/mol. The Morgan fingerprint density at radius 1 is 0.750 bits per heavy atom. The first-order valence-corrected chi connectivity index (χ1v) is 11.1. The van der Waals surface area contributed by atoms with E-state index in [0.29, 0.717) is 25.8 Å². The minimum Gasteiger partial charge on any atom is -0.480 e. The van der Waals surface area contributed by atoms with Gasteiger partial charge in [-0.05, 0) is 32.1 Å². The van der Waals surface area contributed by atoms with Gasteiger partial charge in [0.15, 0.2) is 0 Å². The van der Waals surface area contributed by atoms with Gasteiger partial charge in [-0.1, -0.05) is 66.2 Å². The summed E-state index contributed by atoms with van der Waals surface area (Å²) in [6.45, 7) is 8.60. The first-order chi connectivity index (χ1) is 13.3. The molecule has 3 N–H and O–H groups in total. The molecule has 0 aliphatic carbocycles. The molecule has 0 rings (SSSR count). The average molecular weight is 399 g/mol. The molecule has 6 nitrogen and oxygen atoms in total. The largest absolute Gasteiger partial charge is 0.480 e. The first-order valence-electron chi connectivity index (χ1n) is 11.1. The maximum atomic E-state index is 12.2. The van der Waals surface area contributed by atoms with Crippen LogP contribution in [0.4, 0.5) is 0 Å². The van der Waals surface area contributed by atoms with Crippen molar-refractivity contribution in [1.82, 2.24) is 10.6 Å². The Morgan fingerprint density at radius 3 is 1.75 bits per heavy atom. The lowest BCUT2D eigenvalue weighted by Crippen LogP contribution is -2.43. The van der Waals surface area contributed by atoms with Crippen LogP contribution in [-0.4, -0.2) is 35.5 Å². The molecule has 6 heteroatoms. The van der Waals surface area contributed by atoms with Gasteiger partial charge in [-0.3, -0.25) is 9.59 Å². The van der Waals surface area contributed by atoms with Gasteiger partial charge < -0.3 is 15.7 Å². The van der Waals surface area contributed by atoms with Crippen LogP contribution in [0.1, 0.15) is 98.3 Å². The molecule has 0 aliphatic rings. The Kier molecular flexibility index (Phi) is 15.4. The number of hydrogen-bond acceptors (Lipinski definition) is 3. The molecule has 0 aromatic carbocycles. The zero-order valence-corrected chi connectivity index (χ0v) is 18.4. The quantitative estimate of drug-likeness (QED) is 0.319. The summed E-state index contributed by atoms with van der Waals surface area (Å²) >= 11 is 0. The highest BCUT2D eigenvalue weighted by Gasteiger charge is 2.22. The fourth-order valence-electron chi connectivity index (χ4n) is 3.09. The van der Waals surface area contributed by atoms with E-state index in [1.165, 1.54) is 0 Å². The molecule has 0 aliphatic heterocycles. The van der Waals surface area contributed by atoms with Crippen molar-refractivity contribution in [3.8, 4) is 0 Å². The van der Waals surface area contributed by atoms with E-state index in [1.54, 1.807) is 0 Å². The van der Waals surface area contributed by atoms with E-state index < -0.39 is 12.0 Å². The molecule has 0 radical (unpaired) electrons. The fourth-order valence-corrected chi connectivity index (χ4v) is 3.09. The highest BCUT2D eigenvalue weighted by atomic mass is 16.4. The minimum atomic E-state index is -0.998. The molecular formula is C22H42N2O4. The number of rotatable bonds is 17. The standard InChI is InChI=1S/C22H42N2O4/c1-5-7-9-13-17(3)20(25)23-16-12-11-15-19(22(27)28)24-21(26)18(4)14-10-8-6-2/h17-19H,5-16H2,1-4H3,(H,23,25)(H,24,26)(H,27,28)/t17-,18-,19-/m0/s1. The number of carboxylic acid groups (broad SMARTS) is 1. The van der Waals surface area contributed by atoms with Crippen LogP contribution >= 0.6 is 0 Å². The summed E-state index contributed by atoms with van der Waals surface area (Å²) in [5.74, 6) is -1.26. The number of carbonyl (C=O) groups excluding carboxylic acids is 2. The van der Waals surface area contributed by atoms with Gasteiger partial charge in [0.1, 0.15) is 6.04 Å². The Balaban J connectivity index is 4.08. The van der Waals surface area contributed by atoms with Crippen molar-refractivity contribution in [2.45, 2.75) is 104 Å². The maximum Gasteiger partial charge on any atom is 0.326 e. The molecule has 0 spiro atoms. The number of carboxylic acids is 1. The Labute approximate surface area is 171 Å². The number of amides is 2. The maximum absolute atomic E-state index is 12.2. The zero-order chi connectivity index (χ0) is 21.4. The van der Waals surface area contributed by atoms with Crippen molar-refractivity contribution < 1.29 is 19.5 Å². The number of nitrogens with one attached hydrogen (secondary N) is 2. The molecule has 0 saturated carbocycles. The van der Waals surface area contributed by atoms with Crippen LogP contribution in [0, 0.1) is 11.8 Å². The van der Waals surface area contributed by atoms with Gasteiger partial charge >= 0.3 is 5.97 Å². The Hall–Kier alpha value is -1.59. The summed E-state index contributed by atoms with van der Waals surface area (Å²) in [6.07, 6.45) is 9.96. The normalized spacial score (nSPS) is 14.1. The van der Waals surface area contributed by atoms with Crippen LogP contribution in [0.5, 0.6) is 0 Å². The second-order valence-corrected chi connectivity index (χ2v) is 7.98. The second kappa shape index (κ2) is 16.4. The van der Waals surface area contributed by atoms with Gasteiger partial charge in [0.25, 0.3) is 0 Å². The number of aliphatic carboxylic acids is 1. The van der Waals surface area contributed by atoms with E-state index in [4.69, 9.17) is 0 Å². The van der Waals surface area contributed by atoms with E-state index in [0.717, 1.165) is 51.4 Å². The first kappa shape index (κ1) is 26.4. The van der Waals surface area contributed by atoms with Crippen LogP contribution in [0.25, 0.3) is 0 Å². The van der Waals surface area contributed by atoms with E-state index in [1.807, 2.05) is 13.8 Å². The van der Waals surface area contributed by atoms with Gasteiger partial charge in [0, 0.05) is 18.4 Å². The van der Waals surface area contributed by atoms with Crippen LogP contribution in [0.3, 0.4) is 0 Å².